The maximum absolute atomic E-state index is 12.2. The summed E-state index contributed by atoms with van der Waals surface area (Å²) >= 11 is 0. The summed E-state index contributed by atoms with van der Waals surface area (Å²) in [5.74, 6) is 1.26. The third kappa shape index (κ3) is 2.76. The van der Waals surface area contributed by atoms with Crippen molar-refractivity contribution in [1.82, 2.24) is 9.71 Å². The van der Waals surface area contributed by atoms with Crippen molar-refractivity contribution in [2.75, 3.05) is 12.5 Å². The minimum atomic E-state index is -3.71. The van der Waals surface area contributed by atoms with Crippen LogP contribution in [0.1, 0.15) is 5.56 Å². The molecule has 3 N–H and O–H groups in total. The normalized spacial score (nSPS) is 13.3. The molecule has 0 aliphatic carbocycles. The number of nitrogens with two attached hydrogens (primary N) is 1. The Labute approximate surface area is 121 Å². The Balaban J connectivity index is 1.77. The van der Waals surface area contributed by atoms with E-state index < -0.39 is 10.0 Å². The molecule has 0 spiro atoms. The van der Waals surface area contributed by atoms with Gasteiger partial charge in [0.15, 0.2) is 11.5 Å². The van der Waals surface area contributed by atoms with Gasteiger partial charge < -0.3 is 15.2 Å². The molecular weight excluding hydrogens is 294 g/mol. The molecule has 2 heterocycles. The van der Waals surface area contributed by atoms with Gasteiger partial charge in [-0.3, -0.25) is 4.98 Å². The van der Waals surface area contributed by atoms with E-state index >= 15 is 0 Å². The van der Waals surface area contributed by atoms with Crippen molar-refractivity contribution in [2.45, 2.75) is 11.4 Å². The van der Waals surface area contributed by atoms with Gasteiger partial charge in [0.1, 0.15) is 4.90 Å². The Morgan fingerprint density at radius 2 is 2.05 bits per heavy atom. The van der Waals surface area contributed by atoms with E-state index in [1.165, 1.54) is 18.5 Å². The van der Waals surface area contributed by atoms with Crippen LogP contribution in [-0.2, 0) is 16.6 Å². The summed E-state index contributed by atoms with van der Waals surface area (Å²) in [4.78, 5) is 3.74. The van der Waals surface area contributed by atoms with E-state index in [1.807, 2.05) is 0 Å². The van der Waals surface area contributed by atoms with E-state index in [4.69, 9.17) is 15.2 Å². The van der Waals surface area contributed by atoms with E-state index in [2.05, 4.69) is 9.71 Å². The van der Waals surface area contributed by atoms with Crippen LogP contribution in [-0.4, -0.2) is 20.2 Å². The van der Waals surface area contributed by atoms with Crippen LogP contribution in [0.15, 0.2) is 41.6 Å². The highest BCUT2D eigenvalue weighted by molar-refractivity contribution is 7.89. The van der Waals surface area contributed by atoms with Crippen LogP contribution in [0.2, 0.25) is 0 Å². The monoisotopic (exact) mass is 307 g/mol. The second-order valence-corrected chi connectivity index (χ2v) is 6.16. The Kier molecular flexibility index (Phi) is 3.40. The number of fused-ring (bicyclic) bond motifs is 1. The second kappa shape index (κ2) is 5.23. The van der Waals surface area contributed by atoms with Gasteiger partial charge in [0.2, 0.25) is 16.8 Å². The van der Waals surface area contributed by atoms with Crippen molar-refractivity contribution >= 4 is 15.7 Å². The average molecular weight is 307 g/mol. The zero-order valence-electron chi connectivity index (χ0n) is 10.9. The molecule has 0 saturated heterocycles. The highest BCUT2D eigenvalue weighted by atomic mass is 32.2. The van der Waals surface area contributed by atoms with E-state index in [0.717, 1.165) is 5.56 Å². The first kappa shape index (κ1) is 13.7. The van der Waals surface area contributed by atoms with Gasteiger partial charge in [-0.2, -0.15) is 0 Å². The van der Waals surface area contributed by atoms with Crippen molar-refractivity contribution in [2.24, 2.45) is 0 Å². The van der Waals surface area contributed by atoms with Gasteiger partial charge in [-0.1, -0.05) is 6.07 Å². The van der Waals surface area contributed by atoms with Gasteiger partial charge in [-0.25, -0.2) is 13.1 Å². The molecule has 1 aromatic heterocycles. The van der Waals surface area contributed by atoms with Crippen LogP contribution in [0.5, 0.6) is 11.5 Å². The quantitative estimate of drug-likeness (QED) is 0.868. The third-order valence-electron chi connectivity index (χ3n) is 3.01. The Bertz CT molecular complexity index is 777. The molecule has 21 heavy (non-hydrogen) atoms. The van der Waals surface area contributed by atoms with E-state index in [0.29, 0.717) is 11.5 Å². The van der Waals surface area contributed by atoms with Crippen LogP contribution in [0, 0.1) is 0 Å². The highest BCUT2D eigenvalue weighted by Gasteiger charge is 2.18. The van der Waals surface area contributed by atoms with Gasteiger partial charge in [0.05, 0.1) is 5.69 Å². The molecule has 7 nitrogen and oxygen atoms in total. The maximum Gasteiger partial charge on any atom is 0.244 e. The number of aromatic nitrogens is 1. The molecule has 0 unspecified atom stereocenters. The molecule has 110 valence electrons. The lowest BCUT2D eigenvalue weighted by Crippen LogP contribution is -2.24. The number of anilines is 1. The van der Waals surface area contributed by atoms with Crippen LogP contribution in [0.25, 0.3) is 0 Å². The number of nitrogens with zero attached hydrogens (tertiary/aromatic N) is 1. The second-order valence-electron chi connectivity index (χ2n) is 4.43. The number of hydrogen-bond acceptors (Lipinski definition) is 6. The fourth-order valence-corrected chi connectivity index (χ4v) is 3.01. The van der Waals surface area contributed by atoms with Gasteiger partial charge in [-0.15, -0.1) is 0 Å². The summed E-state index contributed by atoms with van der Waals surface area (Å²) < 4.78 is 37.3. The molecule has 0 saturated carbocycles. The first-order chi connectivity index (χ1) is 10.1. The molecule has 3 rings (SSSR count). The zero-order valence-corrected chi connectivity index (χ0v) is 11.8. The highest BCUT2D eigenvalue weighted by Crippen LogP contribution is 2.32. The molecule has 1 aliphatic rings. The lowest BCUT2D eigenvalue weighted by Gasteiger charge is -2.09. The van der Waals surface area contributed by atoms with Crippen molar-refractivity contribution in [3.05, 3.63) is 42.2 Å². The molecule has 0 bridgehead atoms. The number of ether oxygens (including phenoxy) is 2. The number of pyridine rings is 1. The predicted molar refractivity (Wildman–Crippen MR) is 75.2 cm³/mol. The molecule has 0 fully saturated rings. The van der Waals surface area contributed by atoms with Crippen molar-refractivity contribution < 1.29 is 17.9 Å². The molecule has 0 amide bonds. The minimum absolute atomic E-state index is 0.0363. The minimum Gasteiger partial charge on any atom is -0.454 e. The predicted octanol–water partition coefficient (Wildman–Crippen LogP) is 0.871. The first-order valence-corrected chi connectivity index (χ1v) is 7.62. The van der Waals surface area contributed by atoms with Crippen molar-refractivity contribution in [3.8, 4) is 11.5 Å². The molecule has 1 aliphatic heterocycles. The summed E-state index contributed by atoms with van der Waals surface area (Å²) in [6.07, 6.45) is 2.66. The molecular formula is C13H13N3O4S. The Hall–Kier alpha value is -2.32. The molecule has 8 heteroatoms. The third-order valence-corrected chi connectivity index (χ3v) is 4.45. The fourth-order valence-electron chi connectivity index (χ4n) is 1.92. The van der Waals surface area contributed by atoms with E-state index in [9.17, 15) is 8.42 Å². The molecule has 0 atom stereocenters. The smallest absolute Gasteiger partial charge is 0.244 e. The van der Waals surface area contributed by atoms with Crippen LogP contribution in [0.3, 0.4) is 0 Å². The standard InChI is InChI=1S/C13H13N3O4S/c14-10-3-4-15-7-13(10)21(17,18)16-6-9-1-2-11-12(5-9)20-8-19-11/h1-5,7,16H,6,8H2,(H2,14,15). The lowest BCUT2D eigenvalue weighted by atomic mass is 10.2. The summed E-state index contributed by atoms with van der Waals surface area (Å²) in [5, 5.41) is 0. The van der Waals surface area contributed by atoms with E-state index in [-0.39, 0.29) is 23.9 Å². The largest absolute Gasteiger partial charge is 0.454 e. The van der Waals surface area contributed by atoms with Crippen LogP contribution < -0.4 is 19.9 Å². The summed E-state index contributed by atoms with van der Waals surface area (Å²) in [6.45, 7) is 0.296. The first-order valence-electron chi connectivity index (χ1n) is 6.14. The fraction of sp³-hybridized carbons (Fsp3) is 0.154. The number of rotatable bonds is 4. The zero-order chi connectivity index (χ0) is 14.9. The van der Waals surface area contributed by atoms with Gasteiger partial charge in [-0.05, 0) is 23.8 Å². The summed E-state index contributed by atoms with van der Waals surface area (Å²) in [6, 6.07) is 6.68. The number of nitrogens with one attached hydrogen (secondary N) is 1. The summed E-state index contributed by atoms with van der Waals surface area (Å²) in [5.41, 5.74) is 6.56. The number of benzene rings is 1. The van der Waals surface area contributed by atoms with Gasteiger partial charge in [0, 0.05) is 18.9 Å². The Morgan fingerprint density at radius 1 is 1.24 bits per heavy atom. The van der Waals surface area contributed by atoms with Gasteiger partial charge >= 0.3 is 0 Å². The SMILES string of the molecule is Nc1ccncc1S(=O)(=O)NCc1ccc2c(c1)OCO2. The molecule has 0 radical (unpaired) electrons. The number of hydrogen-bond donors (Lipinski definition) is 2. The molecule has 1 aromatic carbocycles. The maximum atomic E-state index is 12.2. The van der Waals surface area contributed by atoms with Crippen LogP contribution in [0.4, 0.5) is 5.69 Å². The van der Waals surface area contributed by atoms with E-state index in [1.54, 1.807) is 18.2 Å². The summed E-state index contributed by atoms with van der Waals surface area (Å²) in [7, 11) is -3.71. The average Bonchev–Trinajstić information content (AvgIpc) is 2.93. The number of sulfonamides is 1. The topological polar surface area (TPSA) is 104 Å². The van der Waals surface area contributed by atoms with Crippen molar-refractivity contribution in [3.63, 3.8) is 0 Å². The Morgan fingerprint density at radius 3 is 2.86 bits per heavy atom. The van der Waals surface area contributed by atoms with Crippen LogP contribution >= 0.6 is 0 Å². The number of nitrogen functional groups attached to an aromatic ring is 1. The van der Waals surface area contributed by atoms with Gasteiger partial charge in [0.25, 0.3) is 0 Å². The molecule has 2 aromatic rings. The van der Waals surface area contributed by atoms with Crippen molar-refractivity contribution in [1.29, 1.82) is 0 Å². The lowest BCUT2D eigenvalue weighted by molar-refractivity contribution is 0.174.